The summed E-state index contributed by atoms with van der Waals surface area (Å²) in [5.74, 6) is 0.374. The van der Waals surface area contributed by atoms with Crippen molar-refractivity contribution in [1.82, 2.24) is 15.0 Å². The summed E-state index contributed by atoms with van der Waals surface area (Å²) in [6, 6.07) is 0.321. The summed E-state index contributed by atoms with van der Waals surface area (Å²) in [4.78, 5) is 0. The first kappa shape index (κ1) is 12.5. The predicted octanol–water partition coefficient (Wildman–Crippen LogP) is 2.70. The van der Waals surface area contributed by atoms with Gasteiger partial charge in [-0.25, -0.2) is 4.68 Å². The van der Waals surface area contributed by atoms with Gasteiger partial charge in [-0.3, -0.25) is 0 Å². The van der Waals surface area contributed by atoms with Crippen molar-refractivity contribution in [3.8, 4) is 0 Å². The minimum absolute atomic E-state index is 0.0252. The molecule has 2 atom stereocenters. The van der Waals surface area contributed by atoms with E-state index in [1.54, 1.807) is 7.11 Å². The summed E-state index contributed by atoms with van der Waals surface area (Å²) < 4.78 is 7.22. The maximum absolute atomic E-state index is 5.82. The Morgan fingerprint density at radius 3 is 2.60 bits per heavy atom. The molecule has 1 aromatic rings. The summed E-state index contributed by atoms with van der Waals surface area (Å²) in [7, 11) is 1.68. The van der Waals surface area contributed by atoms with Crippen LogP contribution in [0, 0.1) is 0 Å². The van der Waals surface area contributed by atoms with E-state index in [-0.39, 0.29) is 6.10 Å². The van der Waals surface area contributed by atoms with E-state index in [9.17, 15) is 0 Å². The molecule has 0 bridgehead atoms. The Morgan fingerprint density at radius 1 is 1.47 bits per heavy atom. The van der Waals surface area contributed by atoms with Gasteiger partial charge in [0.25, 0.3) is 0 Å². The molecule has 15 heavy (non-hydrogen) atoms. The van der Waals surface area contributed by atoms with Gasteiger partial charge in [0.15, 0.2) is 0 Å². The molecule has 5 heteroatoms. The van der Waals surface area contributed by atoms with Gasteiger partial charge in [-0.15, -0.1) is 16.7 Å². The predicted molar refractivity (Wildman–Crippen MR) is 60.0 cm³/mol. The average Bonchev–Trinajstić information content (AvgIpc) is 2.70. The van der Waals surface area contributed by atoms with Crippen LogP contribution >= 0.6 is 11.6 Å². The summed E-state index contributed by atoms with van der Waals surface area (Å²) in [5.41, 5.74) is 1.80. The van der Waals surface area contributed by atoms with Crippen LogP contribution in [0.1, 0.15) is 50.7 Å². The second-order valence-corrected chi connectivity index (χ2v) is 3.90. The molecule has 1 rings (SSSR count). The zero-order valence-corrected chi connectivity index (χ0v) is 10.5. The van der Waals surface area contributed by atoms with Crippen molar-refractivity contribution in [1.29, 1.82) is 0 Å². The van der Waals surface area contributed by atoms with Crippen molar-refractivity contribution in [3.63, 3.8) is 0 Å². The molecule has 1 aromatic heterocycles. The van der Waals surface area contributed by atoms with E-state index in [1.165, 1.54) is 0 Å². The van der Waals surface area contributed by atoms with E-state index < -0.39 is 0 Å². The minimum atomic E-state index is -0.0252. The van der Waals surface area contributed by atoms with Crippen LogP contribution in [0.25, 0.3) is 0 Å². The van der Waals surface area contributed by atoms with Gasteiger partial charge in [-0.05, 0) is 20.3 Å². The molecule has 4 nitrogen and oxygen atoms in total. The lowest BCUT2D eigenvalue weighted by atomic mass is 10.2. The van der Waals surface area contributed by atoms with E-state index in [2.05, 4.69) is 24.2 Å². The molecule has 0 saturated heterocycles. The van der Waals surface area contributed by atoms with Gasteiger partial charge in [0.1, 0.15) is 5.69 Å². The molecule has 0 N–H and O–H groups in total. The monoisotopic (exact) mass is 231 g/mol. The van der Waals surface area contributed by atoms with Gasteiger partial charge in [-0.2, -0.15) is 0 Å². The number of alkyl halides is 1. The summed E-state index contributed by atoms with van der Waals surface area (Å²) >= 11 is 5.82. The lowest BCUT2D eigenvalue weighted by Crippen LogP contribution is -2.13. The van der Waals surface area contributed by atoms with E-state index >= 15 is 0 Å². The number of methoxy groups -OCH3 is 1. The Hall–Kier alpha value is -0.610. The first-order valence-corrected chi connectivity index (χ1v) is 5.71. The standard InChI is InChI=1S/C10H18ClN3O/c1-5-7(2)14-10(8(3)15-4)9(6-11)12-13-14/h7-8H,5-6H2,1-4H3. The van der Waals surface area contributed by atoms with Crippen molar-refractivity contribution < 1.29 is 4.74 Å². The number of nitrogens with zero attached hydrogens (tertiary/aromatic N) is 3. The average molecular weight is 232 g/mol. The fraction of sp³-hybridized carbons (Fsp3) is 0.800. The normalized spacial score (nSPS) is 15.3. The van der Waals surface area contributed by atoms with Crippen LogP contribution < -0.4 is 0 Å². The van der Waals surface area contributed by atoms with E-state index in [0.29, 0.717) is 11.9 Å². The van der Waals surface area contributed by atoms with E-state index in [0.717, 1.165) is 17.8 Å². The second kappa shape index (κ2) is 5.47. The van der Waals surface area contributed by atoms with Gasteiger partial charge >= 0.3 is 0 Å². The van der Waals surface area contributed by atoms with E-state index in [4.69, 9.17) is 16.3 Å². The zero-order chi connectivity index (χ0) is 11.4. The van der Waals surface area contributed by atoms with Gasteiger partial charge in [-0.1, -0.05) is 12.1 Å². The summed E-state index contributed by atoms with van der Waals surface area (Å²) in [6.45, 7) is 6.21. The van der Waals surface area contributed by atoms with Crippen LogP contribution in [0.3, 0.4) is 0 Å². The van der Waals surface area contributed by atoms with Crippen LogP contribution in [0.2, 0.25) is 0 Å². The maximum atomic E-state index is 5.82. The van der Waals surface area contributed by atoms with E-state index in [1.807, 2.05) is 11.6 Å². The highest BCUT2D eigenvalue weighted by Crippen LogP contribution is 2.24. The molecule has 0 spiro atoms. The zero-order valence-electron chi connectivity index (χ0n) is 9.70. The minimum Gasteiger partial charge on any atom is -0.375 e. The first-order chi connectivity index (χ1) is 7.15. The Morgan fingerprint density at radius 2 is 2.13 bits per heavy atom. The Bertz CT molecular complexity index is 314. The van der Waals surface area contributed by atoms with Crippen molar-refractivity contribution in [3.05, 3.63) is 11.4 Å². The van der Waals surface area contributed by atoms with Crippen molar-refractivity contribution in [2.24, 2.45) is 0 Å². The third kappa shape index (κ3) is 2.49. The van der Waals surface area contributed by atoms with Crippen LogP contribution in [0.15, 0.2) is 0 Å². The number of hydrogen-bond donors (Lipinski definition) is 0. The van der Waals surface area contributed by atoms with Gasteiger partial charge in [0.05, 0.1) is 23.7 Å². The van der Waals surface area contributed by atoms with Gasteiger partial charge in [0.2, 0.25) is 0 Å². The van der Waals surface area contributed by atoms with Gasteiger partial charge < -0.3 is 4.74 Å². The van der Waals surface area contributed by atoms with Crippen LogP contribution in [0.5, 0.6) is 0 Å². The highest BCUT2D eigenvalue weighted by molar-refractivity contribution is 6.16. The molecule has 0 radical (unpaired) electrons. The maximum Gasteiger partial charge on any atom is 0.103 e. The molecule has 0 amide bonds. The number of ether oxygens (including phenoxy) is 1. The fourth-order valence-corrected chi connectivity index (χ4v) is 1.65. The van der Waals surface area contributed by atoms with Crippen LogP contribution in [-0.2, 0) is 10.6 Å². The molecule has 1 heterocycles. The number of halogens is 1. The molecule has 0 aliphatic rings. The quantitative estimate of drug-likeness (QED) is 0.732. The van der Waals surface area contributed by atoms with Crippen LogP contribution in [-0.4, -0.2) is 22.1 Å². The Labute approximate surface area is 95.6 Å². The highest BCUT2D eigenvalue weighted by Gasteiger charge is 2.20. The molecular formula is C10H18ClN3O. The number of aromatic nitrogens is 3. The third-order valence-corrected chi connectivity index (χ3v) is 2.93. The molecule has 0 aromatic carbocycles. The van der Waals surface area contributed by atoms with Gasteiger partial charge in [0, 0.05) is 7.11 Å². The highest BCUT2D eigenvalue weighted by atomic mass is 35.5. The first-order valence-electron chi connectivity index (χ1n) is 5.18. The molecule has 0 saturated carbocycles. The molecule has 0 aliphatic carbocycles. The largest absolute Gasteiger partial charge is 0.375 e. The number of hydrogen-bond acceptors (Lipinski definition) is 3. The molecular weight excluding hydrogens is 214 g/mol. The molecule has 0 fully saturated rings. The summed E-state index contributed by atoms with van der Waals surface area (Å²) in [5, 5.41) is 8.20. The van der Waals surface area contributed by atoms with Crippen molar-refractivity contribution in [2.45, 2.75) is 45.2 Å². The van der Waals surface area contributed by atoms with Crippen molar-refractivity contribution >= 4 is 11.6 Å². The SMILES string of the molecule is CCC(C)n1nnc(CCl)c1C(C)OC. The Balaban J connectivity index is 3.10. The molecule has 0 aliphatic heterocycles. The molecule has 2 unspecified atom stereocenters. The smallest absolute Gasteiger partial charge is 0.103 e. The van der Waals surface area contributed by atoms with Crippen molar-refractivity contribution in [2.75, 3.05) is 7.11 Å². The summed E-state index contributed by atoms with van der Waals surface area (Å²) in [6.07, 6.45) is 0.983. The third-order valence-electron chi connectivity index (χ3n) is 2.68. The topological polar surface area (TPSA) is 39.9 Å². The number of rotatable bonds is 5. The lowest BCUT2D eigenvalue weighted by molar-refractivity contribution is 0.109. The Kier molecular flexibility index (Phi) is 4.54. The van der Waals surface area contributed by atoms with Crippen LogP contribution in [0.4, 0.5) is 0 Å². The lowest BCUT2D eigenvalue weighted by Gasteiger charge is -2.17. The second-order valence-electron chi connectivity index (χ2n) is 3.63. The fourth-order valence-electron chi connectivity index (χ4n) is 1.46. The molecule has 86 valence electrons.